The molecule has 0 unspecified atom stereocenters. The maximum atomic E-state index is 13.1. The van der Waals surface area contributed by atoms with Crippen molar-refractivity contribution in [2.24, 2.45) is 0 Å². The lowest BCUT2D eigenvalue weighted by atomic mass is 10.1. The van der Waals surface area contributed by atoms with Crippen molar-refractivity contribution in [1.82, 2.24) is 0 Å². The van der Waals surface area contributed by atoms with Gasteiger partial charge in [0.25, 0.3) is 0 Å². The van der Waals surface area contributed by atoms with Crippen LogP contribution in [0.1, 0.15) is 11.1 Å². The molecular weight excluding hydrogens is 297 g/mol. The summed E-state index contributed by atoms with van der Waals surface area (Å²) in [5.41, 5.74) is 1.46. The van der Waals surface area contributed by atoms with Crippen LogP contribution in [0.5, 0.6) is 11.5 Å². The SMILES string of the molecule is Cc1cc(Oc2ccc(F)c(Br)c2)ccc1C#N. The minimum absolute atomic E-state index is 0.335. The largest absolute Gasteiger partial charge is 0.457 e. The highest BCUT2D eigenvalue weighted by molar-refractivity contribution is 9.10. The smallest absolute Gasteiger partial charge is 0.137 e. The monoisotopic (exact) mass is 305 g/mol. The molecule has 0 aliphatic carbocycles. The van der Waals surface area contributed by atoms with Gasteiger partial charge in [-0.3, -0.25) is 0 Å². The topological polar surface area (TPSA) is 33.0 Å². The van der Waals surface area contributed by atoms with Gasteiger partial charge in [-0.1, -0.05) is 0 Å². The molecule has 4 heteroatoms. The number of nitriles is 1. The van der Waals surface area contributed by atoms with E-state index in [0.717, 1.165) is 5.56 Å². The zero-order valence-electron chi connectivity index (χ0n) is 9.58. The number of hydrogen-bond donors (Lipinski definition) is 0. The summed E-state index contributed by atoms with van der Waals surface area (Å²) in [6.45, 7) is 1.84. The van der Waals surface area contributed by atoms with E-state index in [4.69, 9.17) is 10.00 Å². The molecule has 0 saturated heterocycles. The maximum Gasteiger partial charge on any atom is 0.137 e. The highest BCUT2D eigenvalue weighted by Crippen LogP contribution is 2.27. The predicted octanol–water partition coefficient (Wildman–Crippen LogP) is 4.56. The third-order valence-corrected chi connectivity index (χ3v) is 3.05. The van der Waals surface area contributed by atoms with Crippen LogP contribution in [0, 0.1) is 24.1 Å². The fourth-order valence-electron chi connectivity index (χ4n) is 1.50. The number of rotatable bonds is 2. The highest BCUT2D eigenvalue weighted by atomic mass is 79.9. The lowest BCUT2D eigenvalue weighted by molar-refractivity contribution is 0.479. The van der Waals surface area contributed by atoms with Gasteiger partial charge >= 0.3 is 0 Å². The molecule has 0 aliphatic rings. The summed E-state index contributed by atoms with van der Waals surface area (Å²) >= 11 is 3.10. The fraction of sp³-hybridized carbons (Fsp3) is 0.0714. The number of benzene rings is 2. The van der Waals surface area contributed by atoms with E-state index in [0.29, 0.717) is 21.5 Å². The zero-order chi connectivity index (χ0) is 13.1. The van der Waals surface area contributed by atoms with Gasteiger partial charge < -0.3 is 4.74 Å². The van der Waals surface area contributed by atoms with Gasteiger partial charge in [-0.05, 0) is 64.8 Å². The van der Waals surface area contributed by atoms with Gasteiger partial charge in [0.05, 0.1) is 16.1 Å². The second kappa shape index (κ2) is 5.19. The maximum absolute atomic E-state index is 13.1. The predicted molar refractivity (Wildman–Crippen MR) is 70.1 cm³/mol. The van der Waals surface area contributed by atoms with Crippen LogP contribution in [0.4, 0.5) is 4.39 Å². The van der Waals surface area contributed by atoms with Gasteiger partial charge in [-0.15, -0.1) is 0 Å². The average molecular weight is 306 g/mol. The molecule has 0 saturated carbocycles. The Morgan fingerprint density at radius 2 is 1.83 bits per heavy atom. The Hall–Kier alpha value is -1.86. The van der Waals surface area contributed by atoms with Crippen LogP contribution in [0.25, 0.3) is 0 Å². The second-order valence-corrected chi connectivity index (χ2v) is 4.62. The molecule has 18 heavy (non-hydrogen) atoms. The van der Waals surface area contributed by atoms with E-state index in [1.807, 2.05) is 6.92 Å². The van der Waals surface area contributed by atoms with E-state index in [1.54, 1.807) is 30.3 Å². The Morgan fingerprint density at radius 3 is 2.44 bits per heavy atom. The van der Waals surface area contributed by atoms with E-state index in [-0.39, 0.29) is 5.82 Å². The zero-order valence-corrected chi connectivity index (χ0v) is 11.2. The van der Waals surface area contributed by atoms with Gasteiger partial charge in [-0.25, -0.2) is 4.39 Å². The van der Waals surface area contributed by atoms with E-state index in [9.17, 15) is 4.39 Å². The summed E-state index contributed by atoms with van der Waals surface area (Å²) in [5, 5.41) is 8.83. The Labute approximate surface area is 113 Å². The molecule has 0 spiro atoms. The van der Waals surface area contributed by atoms with Crippen molar-refractivity contribution < 1.29 is 9.13 Å². The molecular formula is C14H9BrFNO. The number of nitrogens with zero attached hydrogens (tertiary/aromatic N) is 1. The van der Waals surface area contributed by atoms with Crippen LogP contribution < -0.4 is 4.74 Å². The molecule has 0 radical (unpaired) electrons. The van der Waals surface area contributed by atoms with Crippen LogP contribution in [0.2, 0.25) is 0 Å². The first kappa shape index (κ1) is 12.6. The first-order valence-electron chi connectivity index (χ1n) is 5.24. The third-order valence-electron chi connectivity index (χ3n) is 2.45. The Morgan fingerprint density at radius 1 is 1.17 bits per heavy atom. The summed E-state index contributed by atoms with van der Waals surface area (Å²) in [4.78, 5) is 0. The summed E-state index contributed by atoms with van der Waals surface area (Å²) in [7, 11) is 0. The number of ether oxygens (including phenoxy) is 1. The van der Waals surface area contributed by atoms with Crippen LogP contribution in [-0.4, -0.2) is 0 Å². The van der Waals surface area contributed by atoms with E-state index in [2.05, 4.69) is 22.0 Å². The van der Waals surface area contributed by atoms with Crippen molar-refractivity contribution in [3.63, 3.8) is 0 Å². The van der Waals surface area contributed by atoms with Crippen molar-refractivity contribution >= 4 is 15.9 Å². The van der Waals surface area contributed by atoms with Crippen molar-refractivity contribution in [2.75, 3.05) is 0 Å². The lowest BCUT2D eigenvalue weighted by Gasteiger charge is -2.07. The average Bonchev–Trinajstić information content (AvgIpc) is 2.34. The van der Waals surface area contributed by atoms with Gasteiger partial charge in [0.1, 0.15) is 17.3 Å². The van der Waals surface area contributed by atoms with Crippen molar-refractivity contribution in [3.05, 3.63) is 57.8 Å². The van der Waals surface area contributed by atoms with Crippen LogP contribution in [0.3, 0.4) is 0 Å². The third kappa shape index (κ3) is 2.69. The fourth-order valence-corrected chi connectivity index (χ4v) is 1.86. The summed E-state index contributed by atoms with van der Waals surface area (Å²) in [6, 6.07) is 11.7. The molecule has 0 heterocycles. The molecule has 2 rings (SSSR count). The molecule has 0 aliphatic heterocycles. The molecule has 0 N–H and O–H groups in total. The van der Waals surface area contributed by atoms with Crippen LogP contribution >= 0.6 is 15.9 Å². The first-order chi connectivity index (χ1) is 8.60. The number of hydrogen-bond acceptors (Lipinski definition) is 2. The van der Waals surface area contributed by atoms with Gasteiger partial charge in [0.15, 0.2) is 0 Å². The Balaban J connectivity index is 2.26. The van der Waals surface area contributed by atoms with Crippen LogP contribution in [0.15, 0.2) is 40.9 Å². The molecule has 2 aromatic carbocycles. The first-order valence-corrected chi connectivity index (χ1v) is 6.03. The molecule has 0 aromatic heterocycles. The van der Waals surface area contributed by atoms with Gasteiger partial charge in [0.2, 0.25) is 0 Å². The standard InChI is InChI=1S/C14H9BrFNO/c1-9-6-11(3-2-10(9)8-17)18-12-4-5-14(16)13(15)7-12/h2-7H,1H3. The van der Waals surface area contributed by atoms with Crippen molar-refractivity contribution in [2.45, 2.75) is 6.92 Å². The summed E-state index contributed by atoms with van der Waals surface area (Å²) in [5.74, 6) is 0.816. The summed E-state index contributed by atoms with van der Waals surface area (Å²) in [6.07, 6.45) is 0. The van der Waals surface area contributed by atoms with Crippen molar-refractivity contribution in [3.8, 4) is 17.6 Å². The molecule has 0 bridgehead atoms. The quantitative estimate of drug-likeness (QED) is 0.815. The van der Waals surface area contributed by atoms with Crippen molar-refractivity contribution in [1.29, 1.82) is 5.26 Å². The Bertz CT molecular complexity index is 634. The van der Waals surface area contributed by atoms with Gasteiger partial charge in [-0.2, -0.15) is 5.26 Å². The lowest BCUT2D eigenvalue weighted by Crippen LogP contribution is -1.88. The highest BCUT2D eigenvalue weighted by Gasteiger charge is 2.04. The van der Waals surface area contributed by atoms with E-state index in [1.165, 1.54) is 6.07 Å². The Kier molecular flexibility index (Phi) is 3.63. The van der Waals surface area contributed by atoms with Crippen LogP contribution in [-0.2, 0) is 0 Å². The van der Waals surface area contributed by atoms with E-state index < -0.39 is 0 Å². The summed E-state index contributed by atoms with van der Waals surface area (Å²) < 4.78 is 19.0. The number of aryl methyl sites for hydroxylation is 1. The number of halogens is 2. The molecule has 90 valence electrons. The molecule has 0 atom stereocenters. The van der Waals surface area contributed by atoms with Gasteiger partial charge in [0, 0.05) is 0 Å². The molecule has 0 amide bonds. The second-order valence-electron chi connectivity index (χ2n) is 3.77. The normalized spacial score (nSPS) is 9.89. The molecule has 2 aromatic rings. The van der Waals surface area contributed by atoms with E-state index >= 15 is 0 Å². The molecule has 0 fully saturated rings. The minimum atomic E-state index is -0.335. The minimum Gasteiger partial charge on any atom is -0.457 e. The molecule has 2 nitrogen and oxygen atoms in total.